The summed E-state index contributed by atoms with van der Waals surface area (Å²) in [7, 11) is 2.17. The van der Waals surface area contributed by atoms with Crippen LogP contribution in [0.2, 0.25) is 0 Å². The molecule has 1 aliphatic heterocycles. The summed E-state index contributed by atoms with van der Waals surface area (Å²) in [5.41, 5.74) is 1.31. The summed E-state index contributed by atoms with van der Waals surface area (Å²) in [6.45, 7) is 5.81. The molecular formula is C14H21BrN2O. The molecule has 1 aromatic rings. The molecule has 0 amide bonds. The van der Waals surface area contributed by atoms with Gasteiger partial charge in [-0.1, -0.05) is 35.0 Å². The van der Waals surface area contributed by atoms with Crippen LogP contribution in [-0.4, -0.2) is 44.3 Å². The van der Waals surface area contributed by atoms with E-state index in [1.54, 1.807) is 0 Å². The zero-order valence-corrected chi connectivity index (χ0v) is 12.6. The molecule has 1 saturated heterocycles. The number of hydrogen-bond donors (Lipinski definition) is 1. The van der Waals surface area contributed by atoms with Gasteiger partial charge in [-0.25, -0.2) is 0 Å². The molecule has 1 heterocycles. The molecular weight excluding hydrogens is 292 g/mol. The van der Waals surface area contributed by atoms with E-state index in [1.165, 1.54) is 5.56 Å². The lowest BCUT2D eigenvalue weighted by Gasteiger charge is -2.39. The molecule has 3 nitrogen and oxygen atoms in total. The molecule has 2 atom stereocenters. The van der Waals surface area contributed by atoms with Crippen LogP contribution < -0.4 is 5.32 Å². The van der Waals surface area contributed by atoms with Crippen LogP contribution in [0.4, 0.5) is 0 Å². The molecule has 0 radical (unpaired) electrons. The topological polar surface area (TPSA) is 24.5 Å². The lowest BCUT2D eigenvalue weighted by molar-refractivity contribution is -0.0611. The summed E-state index contributed by atoms with van der Waals surface area (Å²) in [4.78, 5) is 2.38. The molecule has 0 saturated carbocycles. The molecule has 0 spiro atoms. The van der Waals surface area contributed by atoms with Gasteiger partial charge in [0.1, 0.15) is 0 Å². The monoisotopic (exact) mass is 312 g/mol. The predicted octanol–water partition coefficient (Wildman–Crippen LogP) is 2.43. The van der Waals surface area contributed by atoms with E-state index in [2.05, 4.69) is 64.4 Å². The molecule has 4 heteroatoms. The van der Waals surface area contributed by atoms with Crippen LogP contribution in [0, 0.1) is 0 Å². The van der Waals surface area contributed by atoms with Crippen molar-refractivity contribution < 1.29 is 4.74 Å². The zero-order valence-electron chi connectivity index (χ0n) is 11.0. The Morgan fingerprint density at radius 3 is 3.06 bits per heavy atom. The van der Waals surface area contributed by atoms with Crippen molar-refractivity contribution in [3.05, 3.63) is 34.3 Å². The number of nitrogens with one attached hydrogen (secondary N) is 1. The molecule has 1 aromatic carbocycles. The number of rotatable bonds is 4. The van der Waals surface area contributed by atoms with Crippen molar-refractivity contribution in [2.75, 3.05) is 33.3 Å². The summed E-state index contributed by atoms with van der Waals surface area (Å²) in [5.74, 6) is 0. The third kappa shape index (κ3) is 3.32. The third-order valence-electron chi connectivity index (χ3n) is 3.39. The van der Waals surface area contributed by atoms with Gasteiger partial charge in [0.25, 0.3) is 0 Å². The number of ether oxygens (including phenoxy) is 1. The molecule has 0 bridgehead atoms. The number of benzene rings is 1. The minimum atomic E-state index is 0.220. The van der Waals surface area contributed by atoms with E-state index in [9.17, 15) is 0 Å². The summed E-state index contributed by atoms with van der Waals surface area (Å²) >= 11 is 3.55. The zero-order chi connectivity index (χ0) is 13.0. The average molecular weight is 313 g/mol. The van der Waals surface area contributed by atoms with Crippen molar-refractivity contribution in [2.45, 2.75) is 19.1 Å². The molecule has 100 valence electrons. The largest absolute Gasteiger partial charge is 0.374 e. The minimum absolute atomic E-state index is 0.220. The number of morpholine rings is 1. The minimum Gasteiger partial charge on any atom is -0.374 e. The van der Waals surface area contributed by atoms with Gasteiger partial charge < -0.3 is 10.1 Å². The lowest BCUT2D eigenvalue weighted by atomic mass is 9.98. The highest BCUT2D eigenvalue weighted by atomic mass is 79.9. The number of halogens is 1. The van der Waals surface area contributed by atoms with Gasteiger partial charge in [-0.05, 0) is 31.3 Å². The second kappa shape index (κ2) is 6.66. The van der Waals surface area contributed by atoms with E-state index in [1.807, 2.05) is 0 Å². The third-order valence-corrected chi connectivity index (χ3v) is 3.88. The van der Waals surface area contributed by atoms with Crippen molar-refractivity contribution >= 4 is 15.9 Å². The molecule has 1 aliphatic rings. The highest BCUT2D eigenvalue weighted by molar-refractivity contribution is 9.10. The van der Waals surface area contributed by atoms with E-state index in [-0.39, 0.29) is 6.10 Å². The summed E-state index contributed by atoms with van der Waals surface area (Å²) in [6.07, 6.45) is 0.220. The quantitative estimate of drug-likeness (QED) is 0.924. The maximum atomic E-state index is 5.94. The van der Waals surface area contributed by atoms with Gasteiger partial charge >= 0.3 is 0 Å². The smallest absolute Gasteiger partial charge is 0.0896 e. The van der Waals surface area contributed by atoms with Gasteiger partial charge in [0.15, 0.2) is 0 Å². The van der Waals surface area contributed by atoms with Crippen molar-refractivity contribution in [1.29, 1.82) is 0 Å². The first-order valence-electron chi connectivity index (χ1n) is 6.50. The second-order valence-electron chi connectivity index (χ2n) is 4.70. The Morgan fingerprint density at radius 2 is 2.33 bits per heavy atom. The standard InChI is InChI=1S/C14H21BrN2O/c1-3-16-10-13-14(17(2)7-8-18-13)11-5-4-6-12(15)9-11/h4-6,9,13-14,16H,3,7-8,10H2,1-2H3. The highest BCUT2D eigenvalue weighted by Gasteiger charge is 2.31. The maximum absolute atomic E-state index is 5.94. The van der Waals surface area contributed by atoms with Gasteiger partial charge in [-0.3, -0.25) is 4.90 Å². The van der Waals surface area contributed by atoms with Crippen LogP contribution in [-0.2, 0) is 4.74 Å². The summed E-state index contributed by atoms with van der Waals surface area (Å²) < 4.78 is 7.06. The fourth-order valence-corrected chi connectivity index (χ4v) is 2.90. The Morgan fingerprint density at radius 1 is 1.50 bits per heavy atom. The van der Waals surface area contributed by atoms with Crippen molar-refractivity contribution in [3.8, 4) is 0 Å². The van der Waals surface area contributed by atoms with Crippen LogP contribution in [0.15, 0.2) is 28.7 Å². The second-order valence-corrected chi connectivity index (χ2v) is 5.61. The lowest BCUT2D eigenvalue weighted by Crippen LogP contribution is -2.47. The highest BCUT2D eigenvalue weighted by Crippen LogP contribution is 2.29. The van der Waals surface area contributed by atoms with Gasteiger partial charge in [0.05, 0.1) is 18.8 Å². The Bertz CT molecular complexity index is 386. The van der Waals surface area contributed by atoms with Gasteiger partial charge in [0, 0.05) is 17.6 Å². The molecule has 2 rings (SSSR count). The van der Waals surface area contributed by atoms with E-state index in [0.717, 1.165) is 30.7 Å². The van der Waals surface area contributed by atoms with Crippen LogP contribution in [0.1, 0.15) is 18.5 Å². The molecule has 0 aromatic heterocycles. The predicted molar refractivity (Wildman–Crippen MR) is 77.8 cm³/mol. The number of nitrogens with zero attached hydrogens (tertiary/aromatic N) is 1. The first kappa shape index (κ1) is 14.0. The molecule has 2 unspecified atom stereocenters. The van der Waals surface area contributed by atoms with Crippen LogP contribution in [0.5, 0.6) is 0 Å². The molecule has 1 N–H and O–H groups in total. The van der Waals surface area contributed by atoms with Crippen molar-refractivity contribution in [2.24, 2.45) is 0 Å². The van der Waals surface area contributed by atoms with Crippen LogP contribution in [0.25, 0.3) is 0 Å². The Balaban J connectivity index is 2.18. The maximum Gasteiger partial charge on any atom is 0.0896 e. The molecule has 0 aliphatic carbocycles. The first-order chi connectivity index (χ1) is 8.72. The number of hydrogen-bond acceptors (Lipinski definition) is 3. The fourth-order valence-electron chi connectivity index (χ4n) is 2.48. The Hall–Kier alpha value is -0.420. The van der Waals surface area contributed by atoms with E-state index >= 15 is 0 Å². The van der Waals surface area contributed by atoms with E-state index < -0.39 is 0 Å². The van der Waals surface area contributed by atoms with E-state index in [4.69, 9.17) is 4.74 Å². The van der Waals surface area contributed by atoms with Crippen molar-refractivity contribution in [1.82, 2.24) is 10.2 Å². The normalized spacial score (nSPS) is 25.3. The van der Waals surface area contributed by atoms with E-state index in [0.29, 0.717) is 6.04 Å². The fraction of sp³-hybridized carbons (Fsp3) is 0.571. The van der Waals surface area contributed by atoms with Gasteiger partial charge in [-0.15, -0.1) is 0 Å². The van der Waals surface area contributed by atoms with Crippen LogP contribution >= 0.6 is 15.9 Å². The Kier molecular flexibility index (Phi) is 5.18. The van der Waals surface area contributed by atoms with Gasteiger partial charge in [-0.2, -0.15) is 0 Å². The number of likely N-dealkylation sites (N-methyl/N-ethyl adjacent to an activating group) is 2. The summed E-state index contributed by atoms with van der Waals surface area (Å²) in [5, 5.41) is 3.39. The van der Waals surface area contributed by atoms with Crippen LogP contribution in [0.3, 0.4) is 0 Å². The first-order valence-corrected chi connectivity index (χ1v) is 7.29. The van der Waals surface area contributed by atoms with Gasteiger partial charge in [0.2, 0.25) is 0 Å². The molecule has 18 heavy (non-hydrogen) atoms. The Labute approximate surface area is 118 Å². The SMILES string of the molecule is CCNCC1OCCN(C)C1c1cccc(Br)c1. The molecule has 1 fully saturated rings. The average Bonchev–Trinajstić information content (AvgIpc) is 2.36. The van der Waals surface area contributed by atoms with Crippen molar-refractivity contribution in [3.63, 3.8) is 0 Å². The summed E-state index contributed by atoms with van der Waals surface area (Å²) in [6, 6.07) is 8.85.